The molecule has 0 bridgehead atoms. The van der Waals surface area contributed by atoms with Crippen LogP contribution in [0.5, 0.6) is 0 Å². The molecule has 0 spiro atoms. The average molecular weight is 434 g/mol. The maximum absolute atomic E-state index is 12.1. The van der Waals surface area contributed by atoms with Gasteiger partial charge in [0.2, 0.25) is 5.91 Å². The molecule has 3 aromatic rings. The lowest BCUT2D eigenvalue weighted by atomic mass is 10.1. The number of halogens is 2. The number of rotatable bonds is 6. The summed E-state index contributed by atoms with van der Waals surface area (Å²) in [6.45, 7) is 1.77. The summed E-state index contributed by atoms with van der Waals surface area (Å²) in [5.74, 6) is -0.642. The molecule has 0 aliphatic heterocycles. The molecular formula is C20H17Cl2N3O2S. The molecule has 0 atom stereocenters. The highest BCUT2D eigenvalue weighted by molar-refractivity contribution is 7.15. The van der Waals surface area contributed by atoms with Crippen molar-refractivity contribution in [3.05, 3.63) is 80.3 Å². The molecule has 1 aromatic heterocycles. The van der Waals surface area contributed by atoms with Crippen LogP contribution in [0.1, 0.15) is 26.4 Å². The number of hydrogen-bond acceptors (Lipinski definition) is 4. The van der Waals surface area contributed by atoms with Crippen LogP contribution in [0.4, 0.5) is 5.13 Å². The summed E-state index contributed by atoms with van der Waals surface area (Å²) < 4.78 is 0. The minimum atomic E-state index is -0.345. The zero-order valence-corrected chi connectivity index (χ0v) is 17.3. The first-order chi connectivity index (χ1) is 13.4. The second kappa shape index (κ2) is 9.19. The smallest absolute Gasteiger partial charge is 0.251 e. The Hall–Kier alpha value is -2.41. The molecule has 8 heteroatoms. The largest absolute Gasteiger partial charge is 0.343 e. The Balaban J connectivity index is 1.54. The van der Waals surface area contributed by atoms with Gasteiger partial charge in [0.25, 0.3) is 5.91 Å². The van der Waals surface area contributed by atoms with Gasteiger partial charge in [-0.1, -0.05) is 53.0 Å². The monoisotopic (exact) mass is 433 g/mol. The zero-order chi connectivity index (χ0) is 20.1. The number of hydrogen-bond donors (Lipinski definition) is 2. The highest BCUT2D eigenvalue weighted by Crippen LogP contribution is 2.29. The Morgan fingerprint density at radius 2 is 1.93 bits per heavy atom. The molecule has 0 aliphatic rings. The van der Waals surface area contributed by atoms with Gasteiger partial charge in [-0.3, -0.25) is 9.59 Å². The van der Waals surface area contributed by atoms with Gasteiger partial charge in [-0.2, -0.15) is 0 Å². The minimum absolute atomic E-state index is 0.137. The Morgan fingerprint density at radius 1 is 1.14 bits per heavy atom. The van der Waals surface area contributed by atoms with E-state index in [0.29, 0.717) is 27.2 Å². The predicted octanol–water partition coefficient (Wildman–Crippen LogP) is 4.72. The number of amides is 2. The summed E-state index contributed by atoms with van der Waals surface area (Å²) in [6, 6.07) is 12.6. The minimum Gasteiger partial charge on any atom is -0.343 e. The van der Waals surface area contributed by atoms with Crippen molar-refractivity contribution < 1.29 is 9.59 Å². The fourth-order valence-corrected chi connectivity index (χ4v) is 3.77. The van der Waals surface area contributed by atoms with Crippen molar-refractivity contribution in [2.45, 2.75) is 13.3 Å². The van der Waals surface area contributed by atoms with Gasteiger partial charge < -0.3 is 10.6 Å². The number of carbonyl (C=O) groups is 2. The van der Waals surface area contributed by atoms with E-state index in [9.17, 15) is 9.59 Å². The number of carbonyl (C=O) groups excluding carboxylic acids is 2. The second-order valence-electron chi connectivity index (χ2n) is 6.12. The summed E-state index contributed by atoms with van der Waals surface area (Å²) in [5.41, 5.74) is 2.39. The van der Waals surface area contributed by atoms with Crippen LogP contribution >= 0.6 is 34.5 Å². The molecule has 3 rings (SSSR count). The standard InChI is InChI=1S/C20H17Cl2N3O2S/c1-12-4-2-6-14(8-12)19(27)23-11-17(26)25-20-24-10-15(28-20)9-13-5-3-7-16(21)18(13)22/h2-8,10H,9,11H2,1H3,(H,23,27)(H,24,25,26). The van der Waals surface area contributed by atoms with E-state index in [2.05, 4.69) is 15.6 Å². The van der Waals surface area contributed by atoms with Crippen molar-refractivity contribution in [3.8, 4) is 0 Å². The van der Waals surface area contributed by atoms with Gasteiger partial charge in [0, 0.05) is 23.1 Å². The highest BCUT2D eigenvalue weighted by Gasteiger charge is 2.12. The molecular weight excluding hydrogens is 417 g/mol. The van der Waals surface area contributed by atoms with Crippen LogP contribution in [0.3, 0.4) is 0 Å². The molecule has 28 heavy (non-hydrogen) atoms. The quantitative estimate of drug-likeness (QED) is 0.590. The maximum atomic E-state index is 12.1. The Morgan fingerprint density at radius 3 is 2.71 bits per heavy atom. The van der Waals surface area contributed by atoms with E-state index in [4.69, 9.17) is 23.2 Å². The first-order valence-corrected chi connectivity index (χ1v) is 10.0. The van der Waals surface area contributed by atoms with Crippen molar-refractivity contribution in [1.82, 2.24) is 10.3 Å². The second-order valence-corrected chi connectivity index (χ2v) is 8.02. The van der Waals surface area contributed by atoms with E-state index >= 15 is 0 Å². The fraction of sp³-hybridized carbons (Fsp3) is 0.150. The molecule has 0 fully saturated rings. The summed E-state index contributed by atoms with van der Waals surface area (Å²) >= 11 is 13.6. The Labute approximate surface area is 176 Å². The third-order valence-electron chi connectivity index (χ3n) is 3.89. The van der Waals surface area contributed by atoms with Gasteiger partial charge in [-0.15, -0.1) is 11.3 Å². The van der Waals surface area contributed by atoms with Crippen molar-refractivity contribution in [1.29, 1.82) is 0 Å². The van der Waals surface area contributed by atoms with Gasteiger partial charge in [0.15, 0.2) is 5.13 Å². The van der Waals surface area contributed by atoms with E-state index in [0.717, 1.165) is 16.0 Å². The number of nitrogens with zero attached hydrogens (tertiary/aromatic N) is 1. The summed E-state index contributed by atoms with van der Waals surface area (Å²) in [5, 5.41) is 6.77. The van der Waals surface area contributed by atoms with E-state index in [-0.39, 0.29) is 18.4 Å². The zero-order valence-electron chi connectivity index (χ0n) is 15.0. The van der Waals surface area contributed by atoms with Crippen LogP contribution in [-0.2, 0) is 11.2 Å². The van der Waals surface area contributed by atoms with Crippen LogP contribution in [0, 0.1) is 6.92 Å². The van der Waals surface area contributed by atoms with Crippen LogP contribution in [0.2, 0.25) is 10.0 Å². The molecule has 5 nitrogen and oxygen atoms in total. The van der Waals surface area contributed by atoms with Crippen molar-refractivity contribution in [2.24, 2.45) is 0 Å². The first-order valence-electron chi connectivity index (χ1n) is 8.44. The number of anilines is 1. The molecule has 144 valence electrons. The topological polar surface area (TPSA) is 71.1 Å². The van der Waals surface area contributed by atoms with Crippen molar-refractivity contribution >= 4 is 51.5 Å². The fourth-order valence-electron chi connectivity index (χ4n) is 2.53. The van der Waals surface area contributed by atoms with Crippen LogP contribution in [-0.4, -0.2) is 23.3 Å². The van der Waals surface area contributed by atoms with Gasteiger partial charge in [0.1, 0.15) is 0 Å². The number of aryl methyl sites for hydroxylation is 1. The molecule has 2 amide bonds. The summed E-state index contributed by atoms with van der Waals surface area (Å²) in [6.07, 6.45) is 2.25. The van der Waals surface area contributed by atoms with Crippen molar-refractivity contribution in [3.63, 3.8) is 0 Å². The molecule has 1 heterocycles. The highest BCUT2D eigenvalue weighted by atomic mass is 35.5. The van der Waals surface area contributed by atoms with Crippen LogP contribution in [0.15, 0.2) is 48.7 Å². The third kappa shape index (κ3) is 5.32. The number of nitrogens with one attached hydrogen (secondary N) is 2. The molecule has 0 radical (unpaired) electrons. The number of thiazole rings is 1. The maximum Gasteiger partial charge on any atom is 0.251 e. The number of benzene rings is 2. The SMILES string of the molecule is Cc1cccc(C(=O)NCC(=O)Nc2ncc(Cc3cccc(Cl)c3Cl)s2)c1. The van der Waals surface area contributed by atoms with E-state index in [1.807, 2.05) is 25.1 Å². The molecule has 2 aromatic carbocycles. The lowest BCUT2D eigenvalue weighted by Crippen LogP contribution is -2.32. The first kappa shape index (κ1) is 20.3. The van der Waals surface area contributed by atoms with E-state index < -0.39 is 0 Å². The molecule has 0 saturated carbocycles. The summed E-state index contributed by atoms with van der Waals surface area (Å²) in [7, 11) is 0. The van der Waals surface area contributed by atoms with Gasteiger partial charge in [-0.05, 0) is 30.7 Å². The van der Waals surface area contributed by atoms with Crippen LogP contribution in [0.25, 0.3) is 0 Å². The van der Waals surface area contributed by atoms with Crippen LogP contribution < -0.4 is 10.6 Å². The predicted molar refractivity (Wildman–Crippen MR) is 114 cm³/mol. The molecule has 2 N–H and O–H groups in total. The van der Waals surface area contributed by atoms with Gasteiger partial charge in [0.05, 0.1) is 16.6 Å². The van der Waals surface area contributed by atoms with E-state index in [1.54, 1.807) is 30.5 Å². The Kier molecular flexibility index (Phi) is 6.67. The van der Waals surface area contributed by atoms with Gasteiger partial charge in [-0.25, -0.2) is 4.98 Å². The molecule has 0 aliphatic carbocycles. The van der Waals surface area contributed by atoms with Crippen molar-refractivity contribution in [2.75, 3.05) is 11.9 Å². The lowest BCUT2D eigenvalue weighted by molar-refractivity contribution is -0.115. The molecule has 0 unspecified atom stereocenters. The molecule has 0 saturated heterocycles. The van der Waals surface area contributed by atoms with E-state index in [1.165, 1.54) is 11.3 Å². The third-order valence-corrected chi connectivity index (χ3v) is 5.66. The summed E-state index contributed by atoms with van der Waals surface area (Å²) in [4.78, 5) is 29.3. The lowest BCUT2D eigenvalue weighted by Gasteiger charge is -2.06. The van der Waals surface area contributed by atoms with Gasteiger partial charge >= 0.3 is 0 Å². The Bertz CT molecular complexity index is 1020. The average Bonchev–Trinajstić information content (AvgIpc) is 3.10. The number of aromatic nitrogens is 1. The normalized spacial score (nSPS) is 10.5.